The second-order valence-corrected chi connectivity index (χ2v) is 9.49. The van der Waals surface area contributed by atoms with Crippen LogP contribution in [-0.2, 0) is 16.6 Å². The predicted molar refractivity (Wildman–Crippen MR) is 125 cm³/mol. The number of benzene rings is 2. The van der Waals surface area contributed by atoms with E-state index < -0.39 is 10.0 Å². The highest BCUT2D eigenvalue weighted by atomic mass is 32.2. The number of rotatable bonds is 9. The first kappa shape index (κ1) is 23.1. The van der Waals surface area contributed by atoms with Gasteiger partial charge in [0.2, 0.25) is 10.0 Å². The van der Waals surface area contributed by atoms with Crippen molar-refractivity contribution in [1.82, 2.24) is 14.9 Å². The summed E-state index contributed by atoms with van der Waals surface area (Å²) in [6.45, 7) is 5.02. The zero-order valence-corrected chi connectivity index (χ0v) is 19.1. The Morgan fingerprint density at radius 3 is 2.58 bits per heavy atom. The lowest BCUT2D eigenvalue weighted by atomic mass is 9.98. The number of likely N-dealkylation sites (tertiary alicyclic amines) is 1. The molecular formula is C23H32N4O3S. The first-order valence-corrected chi connectivity index (χ1v) is 12.3. The van der Waals surface area contributed by atoms with E-state index in [0.29, 0.717) is 12.5 Å². The summed E-state index contributed by atoms with van der Waals surface area (Å²) in [5, 5.41) is 3.30. The second kappa shape index (κ2) is 11.2. The molecule has 0 bridgehead atoms. The molecule has 1 fully saturated rings. The van der Waals surface area contributed by atoms with Gasteiger partial charge in [0.1, 0.15) is 5.75 Å². The summed E-state index contributed by atoms with van der Waals surface area (Å²) >= 11 is 0. The Labute approximate surface area is 185 Å². The third-order valence-electron chi connectivity index (χ3n) is 5.37. The molecule has 1 unspecified atom stereocenters. The fourth-order valence-corrected chi connectivity index (χ4v) is 4.52. The first-order chi connectivity index (χ1) is 15.0. The molecule has 1 saturated heterocycles. The number of hydrogen-bond acceptors (Lipinski definition) is 4. The SMILES string of the molecule is CCNC(=NCCS(=O)(=O)NCc1ccccc1)N1CCC(c2ccc(OC)cc2)C1. The lowest BCUT2D eigenvalue weighted by molar-refractivity contribution is 0.414. The van der Waals surface area contributed by atoms with Gasteiger partial charge in [-0.25, -0.2) is 13.1 Å². The summed E-state index contributed by atoms with van der Waals surface area (Å²) in [6, 6.07) is 17.7. The predicted octanol–water partition coefficient (Wildman–Crippen LogP) is 2.57. The molecule has 1 aliphatic rings. The summed E-state index contributed by atoms with van der Waals surface area (Å²) in [6.07, 6.45) is 1.04. The van der Waals surface area contributed by atoms with E-state index in [1.54, 1.807) is 7.11 Å². The van der Waals surface area contributed by atoms with Crippen molar-refractivity contribution in [3.63, 3.8) is 0 Å². The molecule has 0 saturated carbocycles. The average molecular weight is 445 g/mol. The van der Waals surface area contributed by atoms with Gasteiger partial charge in [-0.2, -0.15) is 0 Å². The topological polar surface area (TPSA) is 83.0 Å². The summed E-state index contributed by atoms with van der Waals surface area (Å²) in [5.41, 5.74) is 2.22. The second-order valence-electron chi connectivity index (χ2n) is 7.57. The van der Waals surface area contributed by atoms with Crippen LogP contribution < -0.4 is 14.8 Å². The summed E-state index contributed by atoms with van der Waals surface area (Å²) in [5.74, 6) is 2.02. The van der Waals surface area contributed by atoms with Crippen molar-refractivity contribution in [1.29, 1.82) is 0 Å². The van der Waals surface area contributed by atoms with E-state index in [-0.39, 0.29) is 12.3 Å². The molecule has 1 atom stereocenters. The molecule has 0 spiro atoms. The lowest BCUT2D eigenvalue weighted by Crippen LogP contribution is -2.40. The van der Waals surface area contributed by atoms with E-state index in [9.17, 15) is 8.42 Å². The molecule has 0 aliphatic carbocycles. The third-order valence-corrected chi connectivity index (χ3v) is 6.67. The highest BCUT2D eigenvalue weighted by Crippen LogP contribution is 2.28. The Morgan fingerprint density at radius 1 is 1.16 bits per heavy atom. The number of methoxy groups -OCH3 is 1. The van der Waals surface area contributed by atoms with Crippen LogP contribution in [0.1, 0.15) is 30.4 Å². The van der Waals surface area contributed by atoms with Crippen molar-refractivity contribution in [3.8, 4) is 5.75 Å². The van der Waals surface area contributed by atoms with E-state index in [4.69, 9.17) is 4.74 Å². The number of guanidine groups is 1. The molecule has 2 aromatic rings. The number of hydrogen-bond donors (Lipinski definition) is 2. The zero-order valence-electron chi connectivity index (χ0n) is 18.3. The number of aliphatic imine (C=N–C) groups is 1. The van der Waals surface area contributed by atoms with Crippen molar-refractivity contribution in [2.24, 2.45) is 4.99 Å². The molecule has 8 heteroatoms. The standard InChI is InChI=1S/C23H32N4O3S/c1-3-24-23(25-14-16-31(28,29)26-17-19-7-5-4-6-8-19)27-15-13-21(18-27)20-9-11-22(30-2)12-10-20/h4-12,21,26H,3,13-18H2,1-2H3,(H,24,25). The Morgan fingerprint density at radius 2 is 1.90 bits per heavy atom. The van der Waals surface area contributed by atoms with E-state index in [2.05, 4.69) is 32.1 Å². The van der Waals surface area contributed by atoms with Gasteiger partial charge in [-0.3, -0.25) is 4.99 Å². The maximum absolute atomic E-state index is 12.3. The van der Waals surface area contributed by atoms with Gasteiger partial charge in [-0.15, -0.1) is 0 Å². The van der Waals surface area contributed by atoms with Gasteiger partial charge in [0.25, 0.3) is 0 Å². The maximum Gasteiger partial charge on any atom is 0.213 e. The minimum Gasteiger partial charge on any atom is -0.497 e. The highest BCUT2D eigenvalue weighted by molar-refractivity contribution is 7.89. The van der Waals surface area contributed by atoms with Crippen LogP contribution in [0, 0.1) is 0 Å². The van der Waals surface area contributed by atoms with E-state index >= 15 is 0 Å². The molecule has 2 aromatic carbocycles. The van der Waals surface area contributed by atoms with Crippen LogP contribution in [-0.4, -0.2) is 58.3 Å². The molecule has 7 nitrogen and oxygen atoms in total. The maximum atomic E-state index is 12.3. The van der Waals surface area contributed by atoms with Crippen molar-refractivity contribution >= 4 is 16.0 Å². The van der Waals surface area contributed by atoms with Crippen LogP contribution in [0.2, 0.25) is 0 Å². The third kappa shape index (κ3) is 6.97. The molecule has 0 radical (unpaired) electrons. The Bertz CT molecular complexity index is 947. The summed E-state index contributed by atoms with van der Waals surface area (Å²) in [4.78, 5) is 6.79. The largest absolute Gasteiger partial charge is 0.497 e. The average Bonchev–Trinajstić information content (AvgIpc) is 3.28. The van der Waals surface area contributed by atoms with E-state index in [1.807, 2.05) is 49.4 Å². The molecule has 3 rings (SSSR count). The molecule has 31 heavy (non-hydrogen) atoms. The normalized spacial score (nSPS) is 17.0. The molecule has 168 valence electrons. The van der Waals surface area contributed by atoms with Crippen LogP contribution >= 0.6 is 0 Å². The number of nitrogens with one attached hydrogen (secondary N) is 2. The summed E-state index contributed by atoms with van der Waals surface area (Å²) < 4.78 is 32.5. The van der Waals surface area contributed by atoms with Gasteiger partial charge in [-0.05, 0) is 36.6 Å². The number of sulfonamides is 1. The van der Waals surface area contributed by atoms with Crippen molar-refractivity contribution < 1.29 is 13.2 Å². The number of ether oxygens (including phenoxy) is 1. The summed E-state index contributed by atoms with van der Waals surface area (Å²) in [7, 11) is -1.72. The highest BCUT2D eigenvalue weighted by Gasteiger charge is 2.26. The lowest BCUT2D eigenvalue weighted by Gasteiger charge is -2.22. The Balaban J connectivity index is 1.54. The monoisotopic (exact) mass is 444 g/mol. The molecule has 2 N–H and O–H groups in total. The molecule has 0 amide bonds. The fraction of sp³-hybridized carbons (Fsp3) is 0.435. The first-order valence-electron chi connectivity index (χ1n) is 10.7. The molecule has 1 heterocycles. The van der Waals surface area contributed by atoms with Crippen LogP contribution in [0.3, 0.4) is 0 Å². The Kier molecular flexibility index (Phi) is 8.31. The van der Waals surface area contributed by atoms with Crippen LogP contribution in [0.4, 0.5) is 0 Å². The minimum atomic E-state index is -3.39. The smallest absolute Gasteiger partial charge is 0.213 e. The van der Waals surface area contributed by atoms with Gasteiger partial charge >= 0.3 is 0 Å². The van der Waals surface area contributed by atoms with Gasteiger partial charge in [0, 0.05) is 32.1 Å². The Hall–Kier alpha value is -2.58. The van der Waals surface area contributed by atoms with Crippen molar-refractivity contribution in [3.05, 3.63) is 65.7 Å². The van der Waals surface area contributed by atoms with Gasteiger partial charge in [0.05, 0.1) is 19.4 Å². The van der Waals surface area contributed by atoms with Gasteiger partial charge in [0.15, 0.2) is 5.96 Å². The molecule has 1 aliphatic heterocycles. The number of nitrogens with zero attached hydrogens (tertiary/aromatic N) is 2. The van der Waals surface area contributed by atoms with Crippen molar-refractivity contribution in [2.75, 3.05) is 39.0 Å². The van der Waals surface area contributed by atoms with Gasteiger partial charge in [-0.1, -0.05) is 42.5 Å². The van der Waals surface area contributed by atoms with Gasteiger partial charge < -0.3 is 15.0 Å². The minimum absolute atomic E-state index is 0.0372. The molecular weight excluding hydrogens is 412 g/mol. The van der Waals surface area contributed by atoms with Crippen LogP contribution in [0.15, 0.2) is 59.6 Å². The quantitative estimate of drug-likeness (QED) is 0.459. The van der Waals surface area contributed by atoms with E-state index in [1.165, 1.54) is 5.56 Å². The van der Waals surface area contributed by atoms with Crippen molar-refractivity contribution in [2.45, 2.75) is 25.8 Å². The van der Waals surface area contributed by atoms with Crippen LogP contribution in [0.5, 0.6) is 5.75 Å². The fourth-order valence-electron chi connectivity index (χ4n) is 3.66. The van der Waals surface area contributed by atoms with E-state index in [0.717, 1.165) is 43.3 Å². The zero-order chi connectivity index (χ0) is 22.1. The molecule has 0 aromatic heterocycles. The van der Waals surface area contributed by atoms with Crippen LogP contribution in [0.25, 0.3) is 0 Å².